The van der Waals surface area contributed by atoms with Crippen molar-refractivity contribution >= 4 is 16.9 Å². The molecule has 1 atom stereocenters. The zero-order valence-electron chi connectivity index (χ0n) is 11.7. The summed E-state index contributed by atoms with van der Waals surface area (Å²) < 4.78 is 12.9. The fourth-order valence-electron chi connectivity index (χ4n) is 1.72. The molecule has 1 unspecified atom stereocenters. The Balaban J connectivity index is 2.87. The Morgan fingerprint density at radius 3 is 2.55 bits per heavy atom. The van der Waals surface area contributed by atoms with Crippen molar-refractivity contribution in [1.29, 1.82) is 5.26 Å². The van der Waals surface area contributed by atoms with Gasteiger partial charge in [-0.15, -0.1) is 0 Å². The molecule has 0 radical (unpaired) electrons. The fraction of sp³-hybridized carbons (Fsp3) is 0.333. The highest BCUT2D eigenvalue weighted by molar-refractivity contribution is 8.14. The van der Waals surface area contributed by atoms with Crippen molar-refractivity contribution in [2.24, 2.45) is 0 Å². The van der Waals surface area contributed by atoms with Crippen LogP contribution in [0.5, 0.6) is 0 Å². The average molecular weight is 292 g/mol. The van der Waals surface area contributed by atoms with Gasteiger partial charge < -0.3 is 5.32 Å². The van der Waals surface area contributed by atoms with Gasteiger partial charge in [0.05, 0.1) is 0 Å². The molecule has 0 aliphatic rings. The molecule has 1 N–H and O–H groups in total. The van der Waals surface area contributed by atoms with Crippen LogP contribution in [0, 0.1) is 17.1 Å². The van der Waals surface area contributed by atoms with E-state index in [4.69, 9.17) is 5.26 Å². The number of nitrogens with one attached hydrogen (secondary N) is 1. The minimum Gasteiger partial charge on any atom is -0.381 e. The first kappa shape index (κ1) is 16.3. The fourth-order valence-corrected chi connectivity index (χ4v) is 2.32. The number of allylic oxidation sites excluding steroid dienone is 1. The topological polar surface area (TPSA) is 52.9 Å². The van der Waals surface area contributed by atoms with E-state index in [-0.39, 0.29) is 22.5 Å². The second kappa shape index (κ2) is 7.71. The van der Waals surface area contributed by atoms with Gasteiger partial charge in [-0.25, -0.2) is 4.39 Å². The molecule has 1 rings (SSSR count). The molecule has 0 saturated heterocycles. The number of hydrogen-bond donors (Lipinski definition) is 1. The summed E-state index contributed by atoms with van der Waals surface area (Å²) in [5.74, 6) is 0.339. The highest BCUT2D eigenvalue weighted by Gasteiger charge is 2.14. The van der Waals surface area contributed by atoms with Crippen molar-refractivity contribution in [3.8, 4) is 6.07 Å². The lowest BCUT2D eigenvalue weighted by Crippen LogP contribution is -2.19. The number of nitriles is 1. The summed E-state index contributed by atoms with van der Waals surface area (Å²) in [5, 5.41) is 12.0. The quantitative estimate of drug-likeness (QED) is 0.666. The number of benzene rings is 1. The van der Waals surface area contributed by atoms with E-state index in [1.54, 1.807) is 19.1 Å². The lowest BCUT2D eigenvalue weighted by atomic mass is 10.1. The molecule has 0 amide bonds. The Morgan fingerprint density at radius 1 is 1.45 bits per heavy atom. The van der Waals surface area contributed by atoms with Crippen LogP contribution in [-0.4, -0.2) is 10.9 Å². The third kappa shape index (κ3) is 4.39. The second-order valence-corrected chi connectivity index (χ2v) is 5.49. The van der Waals surface area contributed by atoms with E-state index in [0.29, 0.717) is 11.4 Å². The van der Waals surface area contributed by atoms with Gasteiger partial charge in [0, 0.05) is 11.7 Å². The highest BCUT2D eigenvalue weighted by Crippen LogP contribution is 2.18. The van der Waals surface area contributed by atoms with E-state index >= 15 is 0 Å². The van der Waals surface area contributed by atoms with Crippen LogP contribution in [0.1, 0.15) is 32.4 Å². The Morgan fingerprint density at radius 2 is 2.05 bits per heavy atom. The number of carbonyl (C=O) groups excluding carboxylic acids is 1. The van der Waals surface area contributed by atoms with E-state index in [9.17, 15) is 9.18 Å². The summed E-state index contributed by atoms with van der Waals surface area (Å²) in [7, 11) is 0. The maximum Gasteiger partial charge on any atom is 0.231 e. The molecular weight excluding hydrogens is 275 g/mol. The standard InChI is InChI=1S/C15H17FN2OS/c1-4-20-15(19)14(9-17)11(3)18-10(2)12-5-7-13(16)8-6-12/h5-8,10,18H,4H2,1-3H3. The SMILES string of the molecule is CCSC(=O)C(C#N)=C(C)NC(C)c1ccc(F)cc1. The largest absolute Gasteiger partial charge is 0.381 e. The number of hydrogen-bond acceptors (Lipinski definition) is 4. The molecule has 3 nitrogen and oxygen atoms in total. The van der Waals surface area contributed by atoms with E-state index in [1.165, 1.54) is 12.1 Å². The second-order valence-electron chi connectivity index (χ2n) is 4.25. The first-order valence-electron chi connectivity index (χ1n) is 6.29. The number of carbonyl (C=O) groups is 1. The summed E-state index contributed by atoms with van der Waals surface area (Å²) in [6.07, 6.45) is 0. The van der Waals surface area contributed by atoms with Gasteiger partial charge in [0.1, 0.15) is 17.5 Å². The first-order valence-corrected chi connectivity index (χ1v) is 7.28. The Hall–Kier alpha value is -1.80. The van der Waals surface area contributed by atoms with Gasteiger partial charge in [0.2, 0.25) is 5.12 Å². The molecule has 0 spiro atoms. The summed E-state index contributed by atoms with van der Waals surface area (Å²) in [4.78, 5) is 11.8. The van der Waals surface area contributed by atoms with E-state index in [0.717, 1.165) is 17.3 Å². The number of halogens is 1. The summed E-state index contributed by atoms with van der Waals surface area (Å²) in [6, 6.07) is 7.95. The van der Waals surface area contributed by atoms with Gasteiger partial charge in [-0.2, -0.15) is 5.26 Å². The maximum absolute atomic E-state index is 12.9. The molecule has 106 valence electrons. The molecule has 5 heteroatoms. The molecule has 0 saturated carbocycles. The molecule has 0 bridgehead atoms. The molecular formula is C15H17FN2OS. The predicted molar refractivity (Wildman–Crippen MR) is 79.4 cm³/mol. The van der Waals surface area contributed by atoms with Gasteiger partial charge >= 0.3 is 0 Å². The Labute approximate surface area is 122 Å². The van der Waals surface area contributed by atoms with E-state index < -0.39 is 0 Å². The molecule has 0 fully saturated rings. The van der Waals surface area contributed by atoms with Crippen molar-refractivity contribution in [2.75, 3.05) is 5.75 Å². The molecule has 20 heavy (non-hydrogen) atoms. The molecule has 1 aromatic rings. The first-order chi connectivity index (χ1) is 9.49. The molecule has 0 aliphatic heterocycles. The van der Waals surface area contributed by atoms with Gasteiger partial charge in [-0.3, -0.25) is 4.79 Å². The van der Waals surface area contributed by atoms with Crippen molar-refractivity contribution in [3.63, 3.8) is 0 Å². The molecule has 1 aromatic carbocycles. The molecule has 0 heterocycles. The highest BCUT2D eigenvalue weighted by atomic mass is 32.2. The van der Waals surface area contributed by atoms with Crippen LogP contribution >= 0.6 is 11.8 Å². The van der Waals surface area contributed by atoms with Crippen LogP contribution in [0.3, 0.4) is 0 Å². The van der Waals surface area contributed by atoms with E-state index in [2.05, 4.69) is 5.32 Å². The third-order valence-electron chi connectivity index (χ3n) is 2.77. The van der Waals surface area contributed by atoms with Crippen LogP contribution in [0.4, 0.5) is 4.39 Å². The van der Waals surface area contributed by atoms with Gasteiger partial charge in [0.15, 0.2) is 0 Å². The number of thioether (sulfide) groups is 1. The van der Waals surface area contributed by atoms with E-state index in [1.807, 2.05) is 19.9 Å². The monoisotopic (exact) mass is 292 g/mol. The maximum atomic E-state index is 12.9. The lowest BCUT2D eigenvalue weighted by Gasteiger charge is -2.17. The van der Waals surface area contributed by atoms with Crippen molar-refractivity contribution in [3.05, 3.63) is 46.9 Å². The summed E-state index contributed by atoms with van der Waals surface area (Å²) >= 11 is 1.11. The van der Waals surface area contributed by atoms with Crippen molar-refractivity contribution < 1.29 is 9.18 Å². The smallest absolute Gasteiger partial charge is 0.231 e. The zero-order valence-corrected chi connectivity index (χ0v) is 12.6. The number of nitrogens with zero attached hydrogens (tertiary/aromatic N) is 1. The number of rotatable bonds is 5. The minimum atomic E-state index is -0.291. The van der Waals surface area contributed by atoms with Crippen LogP contribution < -0.4 is 5.32 Å². The van der Waals surface area contributed by atoms with Crippen molar-refractivity contribution in [1.82, 2.24) is 5.32 Å². The summed E-state index contributed by atoms with van der Waals surface area (Å²) in [6.45, 7) is 5.46. The normalized spacial score (nSPS) is 13.2. The third-order valence-corrected chi connectivity index (χ3v) is 3.52. The van der Waals surface area contributed by atoms with Crippen molar-refractivity contribution in [2.45, 2.75) is 26.8 Å². The van der Waals surface area contributed by atoms with Crippen LogP contribution in [0.25, 0.3) is 0 Å². The van der Waals surface area contributed by atoms with Gasteiger partial charge in [-0.05, 0) is 37.3 Å². The van der Waals surface area contributed by atoms with Crippen LogP contribution in [0.2, 0.25) is 0 Å². The predicted octanol–water partition coefficient (Wildman–Crippen LogP) is 3.55. The molecule has 0 aliphatic carbocycles. The van der Waals surface area contributed by atoms with Gasteiger partial charge in [0.25, 0.3) is 0 Å². The van der Waals surface area contributed by atoms with Crippen LogP contribution in [0.15, 0.2) is 35.5 Å². The Bertz CT molecular complexity index is 546. The van der Waals surface area contributed by atoms with Gasteiger partial charge in [-0.1, -0.05) is 30.8 Å². The lowest BCUT2D eigenvalue weighted by molar-refractivity contribution is -0.107. The zero-order chi connectivity index (χ0) is 15.1. The minimum absolute atomic E-state index is 0.113. The molecule has 0 aromatic heterocycles. The Kier molecular flexibility index (Phi) is 6.26. The average Bonchev–Trinajstić information content (AvgIpc) is 2.40. The summed E-state index contributed by atoms with van der Waals surface area (Å²) in [5.41, 5.74) is 1.56. The van der Waals surface area contributed by atoms with Crippen LogP contribution in [-0.2, 0) is 4.79 Å².